The van der Waals surface area contributed by atoms with Crippen LogP contribution in [0.5, 0.6) is 5.75 Å². The Morgan fingerprint density at radius 2 is 2.03 bits per heavy atom. The molecule has 9 heteroatoms. The summed E-state index contributed by atoms with van der Waals surface area (Å²) in [6.45, 7) is 4.13. The largest absolute Gasteiger partial charge is 0.489 e. The van der Waals surface area contributed by atoms with Gasteiger partial charge in [-0.05, 0) is 50.8 Å². The minimum atomic E-state index is -0.400. The molecule has 7 nitrogen and oxygen atoms in total. The van der Waals surface area contributed by atoms with Crippen molar-refractivity contribution in [3.05, 3.63) is 58.3 Å². The first-order valence-corrected chi connectivity index (χ1v) is 12.9. The zero-order valence-electron chi connectivity index (χ0n) is 19.8. The van der Waals surface area contributed by atoms with Crippen LogP contribution in [0.1, 0.15) is 67.1 Å². The van der Waals surface area contributed by atoms with Crippen molar-refractivity contribution in [2.24, 2.45) is 0 Å². The fourth-order valence-corrected chi connectivity index (χ4v) is 6.15. The van der Waals surface area contributed by atoms with Crippen LogP contribution in [-0.4, -0.2) is 55.0 Å². The number of hydrogen-bond acceptors (Lipinski definition) is 5. The lowest BCUT2D eigenvalue weighted by atomic mass is 9.99. The van der Waals surface area contributed by atoms with Crippen LogP contribution in [0, 0.1) is 5.82 Å². The second-order valence-electron chi connectivity index (χ2n) is 9.95. The van der Waals surface area contributed by atoms with Gasteiger partial charge in [-0.15, -0.1) is 0 Å². The van der Waals surface area contributed by atoms with Gasteiger partial charge in [0.1, 0.15) is 17.7 Å². The van der Waals surface area contributed by atoms with E-state index < -0.39 is 5.82 Å². The molecule has 0 saturated carbocycles. The summed E-state index contributed by atoms with van der Waals surface area (Å²) in [6.07, 6.45) is 9.92. The number of fused-ring (bicyclic) bond motifs is 5. The monoisotopic (exact) mass is 497 g/mol. The molecule has 2 bridgehead atoms. The molecule has 2 aromatic heterocycles. The molecular weight excluding hydrogens is 469 g/mol. The summed E-state index contributed by atoms with van der Waals surface area (Å²) in [5, 5.41) is 5.05. The molecule has 3 aliphatic rings. The lowest BCUT2D eigenvalue weighted by molar-refractivity contribution is 0.0471. The molecule has 6 rings (SSSR count). The van der Waals surface area contributed by atoms with Crippen LogP contribution in [0.2, 0.25) is 5.02 Å². The topological polar surface area (TPSA) is 63.0 Å². The molecule has 1 amide bonds. The highest BCUT2D eigenvalue weighted by molar-refractivity contribution is 6.30. The molecule has 3 aromatic rings. The van der Waals surface area contributed by atoms with E-state index in [9.17, 15) is 9.18 Å². The second kappa shape index (κ2) is 9.06. The number of hydrogen-bond donors (Lipinski definition) is 0. The average molecular weight is 498 g/mol. The number of carbonyl (C=O) groups excluding carboxylic acids is 1. The maximum Gasteiger partial charge on any atom is 0.258 e. The van der Waals surface area contributed by atoms with Gasteiger partial charge in [-0.25, -0.2) is 13.9 Å². The van der Waals surface area contributed by atoms with Gasteiger partial charge in [0.25, 0.3) is 5.91 Å². The zero-order valence-corrected chi connectivity index (χ0v) is 20.5. The number of amides is 1. The summed E-state index contributed by atoms with van der Waals surface area (Å²) < 4.78 is 22.3. The number of halogens is 2. The highest BCUT2D eigenvalue weighted by atomic mass is 35.5. The van der Waals surface area contributed by atoms with Crippen molar-refractivity contribution in [1.29, 1.82) is 0 Å². The van der Waals surface area contributed by atoms with E-state index in [1.54, 1.807) is 27.9 Å². The van der Waals surface area contributed by atoms with E-state index in [0.29, 0.717) is 47.2 Å². The molecule has 35 heavy (non-hydrogen) atoms. The molecule has 2 saturated heterocycles. The lowest BCUT2D eigenvalue weighted by Gasteiger charge is -2.39. The van der Waals surface area contributed by atoms with Gasteiger partial charge in [0.15, 0.2) is 5.65 Å². The van der Waals surface area contributed by atoms with Crippen LogP contribution in [0.15, 0.2) is 30.6 Å². The van der Waals surface area contributed by atoms with Gasteiger partial charge < -0.3 is 9.64 Å². The number of nitrogens with zero attached hydrogens (tertiary/aromatic N) is 5. The fraction of sp³-hybridized carbons (Fsp3) is 0.500. The Labute approximate surface area is 208 Å². The Morgan fingerprint density at radius 3 is 2.80 bits per heavy atom. The maximum atomic E-state index is 14.2. The third-order valence-corrected chi connectivity index (χ3v) is 7.87. The van der Waals surface area contributed by atoms with E-state index in [2.05, 4.69) is 21.9 Å². The van der Waals surface area contributed by atoms with E-state index in [4.69, 9.17) is 16.3 Å². The van der Waals surface area contributed by atoms with Crippen molar-refractivity contribution >= 4 is 23.2 Å². The molecular formula is C26H29ClFN5O2. The predicted octanol–water partition coefficient (Wildman–Crippen LogP) is 4.85. The van der Waals surface area contributed by atoms with Crippen LogP contribution >= 0.6 is 11.6 Å². The molecule has 0 spiro atoms. The van der Waals surface area contributed by atoms with Crippen LogP contribution in [0.3, 0.4) is 0 Å². The Bertz CT molecular complexity index is 1270. The first-order chi connectivity index (χ1) is 17.0. The van der Waals surface area contributed by atoms with Crippen LogP contribution in [0.4, 0.5) is 4.39 Å². The highest BCUT2D eigenvalue weighted by Gasteiger charge is 2.41. The summed E-state index contributed by atoms with van der Waals surface area (Å²) in [6, 6.07) is 5.26. The minimum absolute atomic E-state index is 0.00680. The molecule has 0 N–H and O–H groups in total. The van der Waals surface area contributed by atoms with E-state index in [-0.39, 0.29) is 12.0 Å². The van der Waals surface area contributed by atoms with Gasteiger partial charge in [-0.3, -0.25) is 9.69 Å². The number of ether oxygens (including phenoxy) is 1. The standard InChI is InChI=1S/C26H29ClFN5O2/c1-2-3-8-32-18-5-6-19(32)11-20(10-18)35-24-9-17(28)4-7-21(24)26(34)31-14-22-23(15-31)30-33-13-16(27)12-29-25(22)33/h4,7,9,12-13,18-20H,2-3,5-6,8,10-11,14-15H2,1H3/t18-,19+,20+. The molecule has 5 heterocycles. The Morgan fingerprint density at radius 1 is 1.23 bits per heavy atom. The molecule has 0 aliphatic carbocycles. The molecule has 0 unspecified atom stereocenters. The number of benzene rings is 1. The summed E-state index contributed by atoms with van der Waals surface area (Å²) in [5.74, 6) is -0.248. The predicted molar refractivity (Wildman–Crippen MR) is 130 cm³/mol. The van der Waals surface area contributed by atoms with E-state index >= 15 is 0 Å². The summed E-state index contributed by atoms with van der Waals surface area (Å²) in [7, 11) is 0. The number of carbonyl (C=O) groups is 1. The summed E-state index contributed by atoms with van der Waals surface area (Å²) in [4.78, 5) is 22.3. The van der Waals surface area contributed by atoms with Gasteiger partial charge in [0.05, 0.1) is 35.6 Å². The third-order valence-electron chi connectivity index (χ3n) is 7.67. The first-order valence-electron chi connectivity index (χ1n) is 12.5. The number of aromatic nitrogens is 3. The summed E-state index contributed by atoms with van der Waals surface area (Å²) in [5.41, 5.74) is 2.80. The average Bonchev–Trinajstić information content (AvgIpc) is 3.46. The van der Waals surface area contributed by atoms with Crippen molar-refractivity contribution in [2.45, 2.75) is 76.7 Å². The lowest BCUT2D eigenvalue weighted by Crippen LogP contribution is -2.46. The van der Waals surface area contributed by atoms with E-state index in [1.807, 2.05) is 0 Å². The number of piperidine rings is 1. The Kier molecular flexibility index (Phi) is 5.89. The molecule has 1 aromatic carbocycles. The van der Waals surface area contributed by atoms with Crippen molar-refractivity contribution in [3.8, 4) is 5.75 Å². The molecule has 3 aliphatic heterocycles. The second-order valence-corrected chi connectivity index (χ2v) is 10.4. The van der Waals surface area contributed by atoms with Gasteiger partial charge in [-0.2, -0.15) is 5.10 Å². The molecule has 2 fully saturated rings. The van der Waals surface area contributed by atoms with Gasteiger partial charge in [0, 0.05) is 29.9 Å². The van der Waals surface area contributed by atoms with Crippen LogP contribution in [0.25, 0.3) is 5.65 Å². The molecule has 184 valence electrons. The van der Waals surface area contributed by atoms with Crippen molar-refractivity contribution in [3.63, 3.8) is 0 Å². The van der Waals surface area contributed by atoms with E-state index in [1.165, 1.54) is 37.8 Å². The Balaban J connectivity index is 1.19. The minimum Gasteiger partial charge on any atom is -0.489 e. The van der Waals surface area contributed by atoms with Crippen molar-refractivity contribution in [1.82, 2.24) is 24.4 Å². The van der Waals surface area contributed by atoms with Gasteiger partial charge >= 0.3 is 0 Å². The smallest absolute Gasteiger partial charge is 0.258 e. The van der Waals surface area contributed by atoms with Crippen molar-refractivity contribution in [2.75, 3.05) is 6.54 Å². The Hall–Kier alpha value is -2.71. The number of rotatable bonds is 6. The van der Waals surface area contributed by atoms with Crippen LogP contribution in [-0.2, 0) is 13.1 Å². The van der Waals surface area contributed by atoms with Gasteiger partial charge in [0.2, 0.25) is 0 Å². The molecule has 3 atom stereocenters. The molecule has 0 radical (unpaired) electrons. The third kappa shape index (κ3) is 4.16. The van der Waals surface area contributed by atoms with Crippen LogP contribution < -0.4 is 4.74 Å². The van der Waals surface area contributed by atoms with Crippen molar-refractivity contribution < 1.29 is 13.9 Å². The SMILES string of the molecule is CCCCN1[C@@H]2CC[C@H]1C[C@@H](Oc1cc(F)ccc1C(=O)N1Cc3nn4cc(Cl)cnc4c3C1)C2. The zero-order chi connectivity index (χ0) is 24.1. The highest BCUT2D eigenvalue weighted by Crippen LogP contribution is 2.38. The maximum absolute atomic E-state index is 14.2. The number of unbranched alkanes of at least 4 members (excludes halogenated alkanes) is 1. The quantitative estimate of drug-likeness (QED) is 0.487. The first kappa shape index (κ1) is 22.7. The van der Waals surface area contributed by atoms with Gasteiger partial charge in [-0.1, -0.05) is 24.9 Å². The summed E-state index contributed by atoms with van der Waals surface area (Å²) >= 11 is 6.03. The normalized spacial score (nSPS) is 23.7. The fourth-order valence-electron chi connectivity index (χ4n) is 6.01. The van der Waals surface area contributed by atoms with E-state index in [0.717, 1.165) is 30.6 Å².